The Bertz CT molecular complexity index is 1820. The highest BCUT2D eigenvalue weighted by molar-refractivity contribution is 7.17. The van der Waals surface area contributed by atoms with Crippen molar-refractivity contribution in [2.75, 3.05) is 7.05 Å². The fraction of sp³-hybridized carbons (Fsp3) is 0.343. The number of fused-ring (bicyclic) bond motifs is 1. The van der Waals surface area contributed by atoms with Crippen LogP contribution in [-0.2, 0) is 32.1 Å². The second-order valence-corrected chi connectivity index (χ2v) is 12.8. The van der Waals surface area contributed by atoms with Crippen LogP contribution in [0.25, 0.3) is 21.9 Å². The van der Waals surface area contributed by atoms with Crippen LogP contribution in [0.1, 0.15) is 80.1 Å². The normalized spacial score (nSPS) is 12.0. The van der Waals surface area contributed by atoms with Crippen LogP contribution in [0.3, 0.4) is 0 Å². The summed E-state index contributed by atoms with van der Waals surface area (Å²) >= 11 is 1.27. The summed E-state index contributed by atoms with van der Waals surface area (Å²) in [5.41, 5.74) is 13.5. The number of aromatic nitrogens is 5. The number of amides is 2. The van der Waals surface area contributed by atoms with Gasteiger partial charge in [-0.05, 0) is 86.8 Å². The van der Waals surface area contributed by atoms with E-state index < -0.39 is 5.91 Å². The van der Waals surface area contributed by atoms with Crippen LogP contribution in [0.5, 0.6) is 0 Å². The summed E-state index contributed by atoms with van der Waals surface area (Å²) in [5, 5.41) is 10.9. The predicted molar refractivity (Wildman–Crippen MR) is 179 cm³/mol. The number of aryl methyl sites for hydroxylation is 6. The zero-order chi connectivity index (χ0) is 32.8. The van der Waals surface area contributed by atoms with E-state index in [2.05, 4.69) is 45.4 Å². The van der Waals surface area contributed by atoms with E-state index in [9.17, 15) is 9.59 Å². The zero-order valence-electron chi connectivity index (χ0n) is 26.9. The second kappa shape index (κ2) is 14.6. The number of nitrogens with zero attached hydrogens (tertiary/aromatic N) is 5. The fourth-order valence-electron chi connectivity index (χ4n) is 5.52. The number of hydrogen-bond donors (Lipinski definition) is 2. The van der Waals surface area contributed by atoms with E-state index in [1.807, 2.05) is 43.6 Å². The van der Waals surface area contributed by atoms with Crippen LogP contribution in [0.15, 0.2) is 53.2 Å². The second-order valence-electron chi connectivity index (χ2n) is 11.8. The van der Waals surface area contributed by atoms with Gasteiger partial charge < -0.3 is 15.5 Å². The molecule has 6 rings (SSSR count). The monoisotopic (exact) mass is 637 g/mol. The first-order valence-electron chi connectivity index (χ1n) is 15.5. The van der Waals surface area contributed by atoms with Crippen molar-refractivity contribution in [2.45, 2.75) is 66.2 Å². The van der Waals surface area contributed by atoms with Crippen molar-refractivity contribution < 1.29 is 14.0 Å². The smallest absolute Gasteiger partial charge is 0.261 e. The van der Waals surface area contributed by atoms with E-state index >= 15 is 0 Å². The lowest BCUT2D eigenvalue weighted by Crippen LogP contribution is -2.20. The summed E-state index contributed by atoms with van der Waals surface area (Å²) in [5.74, 6) is 0.0503. The lowest BCUT2D eigenvalue weighted by Gasteiger charge is -2.19. The van der Waals surface area contributed by atoms with E-state index in [0.717, 1.165) is 11.3 Å². The predicted octanol–water partition coefficient (Wildman–Crippen LogP) is 5.88. The molecule has 5 aromatic rings. The molecule has 3 N–H and O–H groups in total. The number of nitrogens with two attached hydrogens (primary N) is 1. The molecule has 0 saturated heterocycles. The SMILES string of the molecule is CNC(=O)c1ccc(-c2c(C(N)=O)c(CC(C)C)nc(CCc3ccc(C)cn3)c2-c2nnc(C)o2)s1.c1cnc2c(c1)CCC2. The van der Waals surface area contributed by atoms with Crippen molar-refractivity contribution in [3.05, 3.63) is 99.0 Å². The number of rotatable bonds is 9. The standard InChI is InChI=1S/C27H30N6O3S.C8H9N/c1-14(2)12-19-22(25(28)34)24(20-10-11-21(37-20)26(35)29-5)23(27-33-32-16(4)36-27)18(31-19)9-8-17-7-6-15(3)13-30-17;1-3-7-4-2-6-9-8(7)5-1/h6-7,10-11,13-14H,8-9,12H2,1-5H3,(H2,28,34)(H,29,35);2,4,6H,1,3,5H2. The lowest BCUT2D eigenvalue weighted by molar-refractivity contribution is 0.0965. The third-order valence-corrected chi connectivity index (χ3v) is 8.77. The van der Waals surface area contributed by atoms with Gasteiger partial charge in [0.15, 0.2) is 0 Å². The van der Waals surface area contributed by atoms with Gasteiger partial charge in [-0.3, -0.25) is 24.5 Å². The zero-order valence-corrected chi connectivity index (χ0v) is 27.7. The minimum absolute atomic E-state index is 0.214. The molecule has 1 aliphatic carbocycles. The van der Waals surface area contributed by atoms with Crippen LogP contribution in [0.4, 0.5) is 0 Å². The van der Waals surface area contributed by atoms with E-state index in [0.29, 0.717) is 63.0 Å². The summed E-state index contributed by atoms with van der Waals surface area (Å²) in [7, 11) is 1.58. The van der Waals surface area contributed by atoms with Gasteiger partial charge >= 0.3 is 0 Å². The number of carbonyl (C=O) groups excluding carboxylic acids is 2. The molecule has 2 amide bonds. The van der Waals surface area contributed by atoms with Gasteiger partial charge in [0.05, 0.1) is 27.4 Å². The maximum atomic E-state index is 12.9. The topological polar surface area (TPSA) is 150 Å². The van der Waals surface area contributed by atoms with Crippen LogP contribution < -0.4 is 11.1 Å². The van der Waals surface area contributed by atoms with Gasteiger partial charge in [0.1, 0.15) is 0 Å². The van der Waals surface area contributed by atoms with Gasteiger partial charge in [-0.2, -0.15) is 0 Å². The highest BCUT2D eigenvalue weighted by Gasteiger charge is 2.29. The van der Waals surface area contributed by atoms with Crippen molar-refractivity contribution in [1.29, 1.82) is 0 Å². The summed E-state index contributed by atoms with van der Waals surface area (Å²) in [6.45, 7) is 7.82. The number of hydrogen-bond acceptors (Lipinski definition) is 9. The minimum Gasteiger partial charge on any atom is -0.421 e. The summed E-state index contributed by atoms with van der Waals surface area (Å²) < 4.78 is 5.87. The number of carbonyl (C=O) groups is 2. The Morgan fingerprint density at radius 1 is 1.00 bits per heavy atom. The number of nitrogens with one attached hydrogen (secondary N) is 1. The Balaban J connectivity index is 0.000000393. The van der Waals surface area contributed by atoms with Crippen LogP contribution in [0.2, 0.25) is 0 Å². The molecule has 0 unspecified atom stereocenters. The van der Waals surface area contributed by atoms with Gasteiger partial charge in [-0.25, -0.2) is 0 Å². The molecular formula is C35H39N7O3S. The molecule has 5 heterocycles. The van der Waals surface area contributed by atoms with Crippen LogP contribution >= 0.6 is 11.3 Å². The van der Waals surface area contributed by atoms with Crippen LogP contribution in [-0.4, -0.2) is 44.0 Å². The summed E-state index contributed by atoms with van der Waals surface area (Å²) in [4.78, 5) is 40.2. The molecule has 5 aromatic heterocycles. The molecule has 0 aromatic carbocycles. The molecule has 238 valence electrons. The van der Waals surface area contributed by atoms with Gasteiger partial charge in [0, 0.05) is 48.2 Å². The molecule has 0 radical (unpaired) electrons. The Morgan fingerprint density at radius 2 is 1.83 bits per heavy atom. The van der Waals surface area contributed by atoms with Gasteiger partial charge in [-0.15, -0.1) is 21.5 Å². The third-order valence-electron chi connectivity index (χ3n) is 7.67. The van der Waals surface area contributed by atoms with Crippen molar-refractivity contribution in [2.24, 2.45) is 11.7 Å². The molecule has 10 nitrogen and oxygen atoms in total. The maximum absolute atomic E-state index is 12.9. The van der Waals surface area contributed by atoms with Crippen molar-refractivity contribution in [3.8, 4) is 21.9 Å². The van der Waals surface area contributed by atoms with E-state index in [1.165, 1.54) is 41.9 Å². The van der Waals surface area contributed by atoms with E-state index in [4.69, 9.17) is 15.1 Å². The first-order chi connectivity index (χ1) is 22.1. The number of pyridine rings is 3. The van der Waals surface area contributed by atoms with Gasteiger partial charge in [-0.1, -0.05) is 26.0 Å². The lowest BCUT2D eigenvalue weighted by atomic mass is 9.91. The number of primary amides is 1. The summed E-state index contributed by atoms with van der Waals surface area (Å²) in [6.07, 6.45) is 9.14. The molecule has 0 fully saturated rings. The van der Waals surface area contributed by atoms with E-state index in [-0.39, 0.29) is 17.7 Å². The van der Waals surface area contributed by atoms with E-state index in [1.54, 1.807) is 20.0 Å². The highest BCUT2D eigenvalue weighted by Crippen LogP contribution is 2.41. The Labute approximate surface area is 272 Å². The molecular weight excluding hydrogens is 598 g/mol. The average molecular weight is 638 g/mol. The minimum atomic E-state index is -0.600. The first-order valence-corrected chi connectivity index (χ1v) is 16.3. The largest absolute Gasteiger partial charge is 0.421 e. The molecule has 0 aliphatic heterocycles. The molecule has 0 saturated carbocycles. The fourth-order valence-corrected chi connectivity index (χ4v) is 6.53. The molecule has 0 bridgehead atoms. The van der Waals surface area contributed by atoms with Gasteiger partial charge in [0.25, 0.3) is 11.8 Å². The van der Waals surface area contributed by atoms with Crippen LogP contribution in [0, 0.1) is 19.8 Å². The quantitative estimate of drug-likeness (QED) is 0.203. The summed E-state index contributed by atoms with van der Waals surface area (Å²) in [6, 6.07) is 11.8. The van der Waals surface area contributed by atoms with Crippen molar-refractivity contribution in [3.63, 3.8) is 0 Å². The Morgan fingerprint density at radius 3 is 2.48 bits per heavy atom. The molecule has 11 heteroatoms. The molecule has 0 atom stereocenters. The molecule has 0 spiro atoms. The molecule has 46 heavy (non-hydrogen) atoms. The first kappa shape index (κ1) is 32.6. The van der Waals surface area contributed by atoms with Gasteiger partial charge in [0.2, 0.25) is 11.8 Å². The highest BCUT2D eigenvalue weighted by atomic mass is 32.1. The Hall–Kier alpha value is -4.77. The molecule has 1 aliphatic rings. The third kappa shape index (κ3) is 7.54. The van der Waals surface area contributed by atoms with Crippen molar-refractivity contribution >= 4 is 23.2 Å². The Kier molecular flexibility index (Phi) is 10.3. The van der Waals surface area contributed by atoms with Crippen molar-refractivity contribution in [1.82, 2.24) is 30.5 Å². The average Bonchev–Trinajstić information content (AvgIpc) is 3.81. The number of thiophene rings is 1. The maximum Gasteiger partial charge on any atom is 0.261 e.